The van der Waals surface area contributed by atoms with Gasteiger partial charge in [-0.15, -0.1) is 0 Å². The van der Waals surface area contributed by atoms with Crippen LogP contribution in [0.4, 0.5) is 34.1 Å². The lowest BCUT2D eigenvalue weighted by molar-refractivity contribution is 0.668. The maximum absolute atomic E-state index is 6.70. The zero-order chi connectivity index (χ0) is 38.4. The molecule has 4 nitrogen and oxygen atoms in total. The quantitative estimate of drug-likeness (QED) is 0.165. The predicted molar refractivity (Wildman–Crippen MR) is 244 cm³/mol. The van der Waals surface area contributed by atoms with Crippen LogP contribution in [0, 0.1) is 20.8 Å². The number of anilines is 6. The molecule has 2 aromatic heterocycles. The van der Waals surface area contributed by atoms with E-state index >= 15 is 0 Å². The zero-order valence-corrected chi connectivity index (χ0v) is 32.3. The molecule has 0 unspecified atom stereocenters. The van der Waals surface area contributed by atoms with E-state index in [-0.39, 0.29) is 6.71 Å². The van der Waals surface area contributed by atoms with Gasteiger partial charge in [0, 0.05) is 10.8 Å². The lowest BCUT2D eigenvalue weighted by Crippen LogP contribution is -2.59. The second-order valence-corrected chi connectivity index (χ2v) is 16.2. The van der Waals surface area contributed by atoms with Gasteiger partial charge < -0.3 is 18.6 Å². The summed E-state index contributed by atoms with van der Waals surface area (Å²) in [6, 6.07) is 57.7. The molecule has 0 aliphatic carbocycles. The van der Waals surface area contributed by atoms with E-state index in [9.17, 15) is 0 Å². The molecule has 0 bridgehead atoms. The first-order chi connectivity index (χ1) is 28.5. The van der Waals surface area contributed by atoms with Gasteiger partial charge in [0.15, 0.2) is 0 Å². The second kappa shape index (κ2) is 11.4. The average Bonchev–Trinajstić information content (AvgIpc) is 3.82. The lowest BCUT2D eigenvalue weighted by atomic mass is 9.33. The average molecular weight is 743 g/mol. The molecule has 2 aliphatic rings. The molecular formula is C53H35BN2O2. The van der Waals surface area contributed by atoms with E-state index in [2.05, 4.69) is 188 Å². The summed E-state index contributed by atoms with van der Waals surface area (Å²) in [5.41, 5.74) is 18.2. The Morgan fingerprint density at radius 3 is 1.66 bits per heavy atom. The van der Waals surface area contributed by atoms with E-state index in [1.165, 1.54) is 66.0 Å². The van der Waals surface area contributed by atoms with E-state index in [1.54, 1.807) is 0 Å². The van der Waals surface area contributed by atoms with Crippen LogP contribution in [0.25, 0.3) is 65.4 Å². The van der Waals surface area contributed by atoms with Crippen molar-refractivity contribution in [2.45, 2.75) is 20.8 Å². The van der Waals surface area contributed by atoms with Gasteiger partial charge in [0.05, 0.1) is 44.9 Å². The molecule has 0 spiro atoms. The molecule has 4 heterocycles. The molecule has 58 heavy (non-hydrogen) atoms. The summed E-state index contributed by atoms with van der Waals surface area (Å²) in [7, 11) is 0. The first-order valence-corrected chi connectivity index (χ1v) is 20.1. The molecule has 272 valence electrons. The number of fused-ring (bicyclic) bond motifs is 14. The number of furan rings is 2. The van der Waals surface area contributed by atoms with Gasteiger partial charge in [-0.3, -0.25) is 0 Å². The number of nitrogens with zero attached hydrogens (tertiary/aromatic N) is 2. The van der Waals surface area contributed by atoms with Crippen molar-refractivity contribution in [3.63, 3.8) is 0 Å². The van der Waals surface area contributed by atoms with Crippen LogP contribution < -0.4 is 26.2 Å². The van der Waals surface area contributed by atoms with E-state index in [1.807, 2.05) is 0 Å². The van der Waals surface area contributed by atoms with Gasteiger partial charge in [0.2, 0.25) is 6.71 Å². The molecule has 0 amide bonds. The summed E-state index contributed by atoms with van der Waals surface area (Å²) in [6.07, 6.45) is 0. The topological polar surface area (TPSA) is 32.8 Å². The number of para-hydroxylation sites is 2. The molecule has 0 saturated heterocycles. The Labute approximate surface area is 335 Å². The highest BCUT2D eigenvalue weighted by molar-refractivity contribution is 7.00. The zero-order valence-electron chi connectivity index (χ0n) is 32.3. The van der Waals surface area contributed by atoms with Crippen molar-refractivity contribution in [3.05, 3.63) is 174 Å². The van der Waals surface area contributed by atoms with Gasteiger partial charge >= 0.3 is 0 Å². The minimum absolute atomic E-state index is 0.0563. The summed E-state index contributed by atoms with van der Waals surface area (Å²) in [4.78, 5) is 5.12. The van der Waals surface area contributed by atoms with Crippen LogP contribution in [0.2, 0.25) is 0 Å². The van der Waals surface area contributed by atoms with Gasteiger partial charge in [-0.25, -0.2) is 0 Å². The van der Waals surface area contributed by atoms with Crippen molar-refractivity contribution >= 4 is 123 Å². The maximum atomic E-state index is 6.70. The first kappa shape index (κ1) is 31.9. The molecule has 0 saturated carbocycles. The third kappa shape index (κ3) is 4.15. The van der Waals surface area contributed by atoms with Gasteiger partial charge in [0.25, 0.3) is 0 Å². The molecule has 0 N–H and O–H groups in total. The maximum Gasteiger partial charge on any atom is 0.248 e. The van der Waals surface area contributed by atoms with Crippen molar-refractivity contribution in [3.8, 4) is 0 Å². The van der Waals surface area contributed by atoms with Crippen LogP contribution in [-0.4, -0.2) is 6.71 Å². The molecule has 9 aromatic carbocycles. The van der Waals surface area contributed by atoms with Crippen LogP contribution in [0.5, 0.6) is 0 Å². The minimum atomic E-state index is -0.0563. The number of aryl methyl sites for hydroxylation is 3. The van der Waals surface area contributed by atoms with E-state index in [0.29, 0.717) is 0 Å². The molecule has 13 rings (SSSR count). The Kier molecular flexibility index (Phi) is 6.29. The highest BCUT2D eigenvalue weighted by Gasteiger charge is 2.45. The van der Waals surface area contributed by atoms with Gasteiger partial charge in [-0.05, 0) is 102 Å². The summed E-state index contributed by atoms with van der Waals surface area (Å²) < 4.78 is 13.3. The van der Waals surface area contributed by atoms with Crippen LogP contribution in [0.15, 0.2) is 167 Å². The standard InChI is InChI=1S/C53H35BN2O2/c1-30-25-31(2)50(32(3)26-30)54-39-23-24-47-49(38-18-9-11-21-45(38)58-47)52(39)56-42-28-34-14-5-4-13-33(34)27-41(42)55(43-29-35-15-6-7-16-36(35)51(54)53(43)56)40-19-12-22-46-48(40)37-17-8-10-20-44(37)57-46/h4-29H,1-3H3. The highest BCUT2D eigenvalue weighted by atomic mass is 16.3. The fourth-order valence-corrected chi connectivity index (χ4v) is 10.7. The van der Waals surface area contributed by atoms with Crippen LogP contribution >= 0.6 is 0 Å². The number of rotatable bonds is 2. The highest BCUT2D eigenvalue weighted by Crippen LogP contribution is 2.59. The lowest BCUT2D eigenvalue weighted by Gasteiger charge is -2.46. The van der Waals surface area contributed by atoms with Gasteiger partial charge in [-0.1, -0.05) is 131 Å². The molecule has 2 aliphatic heterocycles. The predicted octanol–water partition coefficient (Wildman–Crippen LogP) is 12.8. The minimum Gasteiger partial charge on any atom is -0.456 e. The Bertz CT molecular complexity index is 3570. The molecule has 0 fully saturated rings. The third-order valence-corrected chi connectivity index (χ3v) is 12.8. The van der Waals surface area contributed by atoms with Crippen molar-refractivity contribution < 1.29 is 8.83 Å². The van der Waals surface area contributed by atoms with Gasteiger partial charge in [0.1, 0.15) is 22.3 Å². The first-order valence-electron chi connectivity index (χ1n) is 20.1. The Hall–Kier alpha value is -7.24. The normalized spacial score (nSPS) is 13.3. The Morgan fingerprint density at radius 1 is 0.397 bits per heavy atom. The SMILES string of the molecule is Cc1cc(C)c(B2c3ccc4oc5ccccc5c4c3N3c4cc5ccccc5cc4N(c4cccc5oc6ccccc6c45)c4cc5ccccc5c2c43)c(C)c1. The molecule has 0 atom stereocenters. The largest absolute Gasteiger partial charge is 0.456 e. The number of benzene rings is 9. The molecule has 11 aromatic rings. The Balaban J connectivity index is 1.27. The summed E-state index contributed by atoms with van der Waals surface area (Å²) in [5, 5.41) is 9.32. The second-order valence-electron chi connectivity index (χ2n) is 16.2. The number of hydrogen-bond donors (Lipinski definition) is 0. The molecule has 5 heteroatoms. The van der Waals surface area contributed by atoms with E-state index < -0.39 is 0 Å². The summed E-state index contributed by atoms with van der Waals surface area (Å²) in [5.74, 6) is 0. The summed E-state index contributed by atoms with van der Waals surface area (Å²) in [6.45, 7) is 6.74. The van der Waals surface area contributed by atoms with Crippen LogP contribution in [0.3, 0.4) is 0 Å². The molecule has 0 radical (unpaired) electrons. The van der Waals surface area contributed by atoms with E-state index in [4.69, 9.17) is 8.83 Å². The molecular weight excluding hydrogens is 707 g/mol. The Morgan fingerprint density at radius 2 is 0.948 bits per heavy atom. The van der Waals surface area contributed by atoms with Gasteiger partial charge in [-0.2, -0.15) is 0 Å². The van der Waals surface area contributed by atoms with Crippen molar-refractivity contribution in [1.82, 2.24) is 0 Å². The monoisotopic (exact) mass is 742 g/mol. The van der Waals surface area contributed by atoms with Crippen molar-refractivity contribution in [1.29, 1.82) is 0 Å². The van der Waals surface area contributed by atoms with Crippen molar-refractivity contribution in [2.24, 2.45) is 0 Å². The van der Waals surface area contributed by atoms with Crippen LogP contribution in [-0.2, 0) is 0 Å². The van der Waals surface area contributed by atoms with Crippen molar-refractivity contribution in [2.75, 3.05) is 9.80 Å². The third-order valence-electron chi connectivity index (χ3n) is 12.8. The van der Waals surface area contributed by atoms with Crippen LogP contribution in [0.1, 0.15) is 16.7 Å². The van der Waals surface area contributed by atoms with E-state index in [0.717, 1.165) is 66.6 Å². The summed E-state index contributed by atoms with van der Waals surface area (Å²) >= 11 is 0. The number of hydrogen-bond acceptors (Lipinski definition) is 4. The smallest absolute Gasteiger partial charge is 0.248 e. The fourth-order valence-electron chi connectivity index (χ4n) is 10.7. The fraction of sp³-hybridized carbons (Fsp3) is 0.0566.